The maximum atomic E-state index is 12.5. The van der Waals surface area contributed by atoms with Crippen LogP contribution >= 0.6 is 23.7 Å². The number of hydrogen-bond donors (Lipinski definition) is 1. The van der Waals surface area contributed by atoms with E-state index in [0.717, 1.165) is 20.5 Å². The molecule has 2 rings (SSSR count). The van der Waals surface area contributed by atoms with Crippen molar-refractivity contribution in [3.63, 3.8) is 0 Å². The predicted octanol–water partition coefficient (Wildman–Crippen LogP) is 2.39. The first kappa shape index (κ1) is 19.7. The Morgan fingerprint density at radius 2 is 1.83 bits per heavy atom. The average Bonchev–Trinajstić information content (AvgIpc) is 2.75. The van der Waals surface area contributed by atoms with Crippen LogP contribution in [0.4, 0.5) is 13.2 Å². The van der Waals surface area contributed by atoms with Gasteiger partial charge in [0.2, 0.25) is 0 Å². The third-order valence-electron chi connectivity index (χ3n) is 3.51. The van der Waals surface area contributed by atoms with Gasteiger partial charge in [0, 0.05) is 24.5 Å². The molecular weight excluding hydrogens is 355 g/mol. The molecule has 0 radical (unpaired) electrons. The van der Waals surface area contributed by atoms with Crippen molar-refractivity contribution >= 4 is 34.0 Å². The Balaban J connectivity index is 0.00000264. The summed E-state index contributed by atoms with van der Waals surface area (Å²) in [6.45, 7) is 3.06. The summed E-state index contributed by atoms with van der Waals surface area (Å²) in [7, 11) is 0. The van der Waals surface area contributed by atoms with Gasteiger partial charge in [0.05, 0.1) is 11.8 Å². The van der Waals surface area contributed by atoms with E-state index in [1.165, 1.54) is 0 Å². The first-order valence-electron chi connectivity index (χ1n) is 6.73. The molecule has 2 N–H and O–H groups in total. The topological polar surface area (TPSA) is 70.0 Å². The summed E-state index contributed by atoms with van der Waals surface area (Å²) in [6, 6.07) is 0. The highest BCUT2D eigenvalue weighted by molar-refractivity contribution is 7.18. The van der Waals surface area contributed by atoms with E-state index < -0.39 is 30.4 Å². The smallest absolute Gasteiger partial charge is 0.326 e. The number of hydrogen-bond acceptors (Lipinski definition) is 4. The average molecular weight is 372 g/mol. The van der Waals surface area contributed by atoms with E-state index in [0.29, 0.717) is 10.4 Å². The molecule has 0 amide bonds. The fourth-order valence-corrected chi connectivity index (χ4v) is 3.54. The lowest BCUT2D eigenvalue weighted by atomic mass is 10.2. The molecule has 0 unspecified atom stereocenters. The molecule has 2 heterocycles. The van der Waals surface area contributed by atoms with Gasteiger partial charge >= 0.3 is 11.9 Å². The number of thiophene rings is 1. The van der Waals surface area contributed by atoms with Crippen molar-refractivity contribution in [3.8, 4) is 0 Å². The van der Waals surface area contributed by atoms with Gasteiger partial charge in [-0.05, 0) is 19.4 Å². The van der Waals surface area contributed by atoms with Gasteiger partial charge in [0.1, 0.15) is 4.83 Å². The molecule has 0 saturated heterocycles. The maximum Gasteiger partial charge on any atom is 0.390 e. The lowest BCUT2D eigenvalue weighted by molar-refractivity contribution is -0.136. The Kier molecular flexibility index (Phi) is 6.06. The first-order chi connectivity index (χ1) is 10.2. The normalized spacial score (nSPS) is 11.7. The number of fused-ring (bicyclic) bond motifs is 1. The molecule has 2 aromatic heterocycles. The van der Waals surface area contributed by atoms with E-state index in [1.54, 1.807) is 13.8 Å². The van der Waals surface area contributed by atoms with Crippen LogP contribution in [0.5, 0.6) is 0 Å². The molecule has 0 spiro atoms. The number of aromatic nitrogens is 2. The Morgan fingerprint density at radius 1 is 1.22 bits per heavy atom. The van der Waals surface area contributed by atoms with Gasteiger partial charge in [0.25, 0.3) is 5.56 Å². The Hall–Kier alpha value is -1.32. The quantitative estimate of drug-likeness (QED) is 0.897. The van der Waals surface area contributed by atoms with Crippen molar-refractivity contribution in [1.82, 2.24) is 9.13 Å². The van der Waals surface area contributed by atoms with Crippen LogP contribution in [0.1, 0.15) is 23.8 Å². The molecule has 0 bridgehead atoms. The zero-order valence-electron chi connectivity index (χ0n) is 12.6. The van der Waals surface area contributed by atoms with Gasteiger partial charge in [-0.3, -0.25) is 13.9 Å². The van der Waals surface area contributed by atoms with Gasteiger partial charge in [-0.15, -0.1) is 23.7 Å². The Labute approximate surface area is 139 Å². The Bertz CT molecular complexity index is 823. The van der Waals surface area contributed by atoms with Crippen LogP contribution in [0.25, 0.3) is 10.2 Å². The number of aryl methyl sites for hydroxylation is 2. The monoisotopic (exact) mass is 371 g/mol. The Morgan fingerprint density at radius 3 is 2.30 bits per heavy atom. The number of nitrogens with zero attached hydrogens (tertiary/aromatic N) is 2. The van der Waals surface area contributed by atoms with Crippen molar-refractivity contribution in [3.05, 3.63) is 31.3 Å². The van der Waals surface area contributed by atoms with E-state index >= 15 is 0 Å². The molecule has 23 heavy (non-hydrogen) atoms. The van der Waals surface area contributed by atoms with Crippen LogP contribution < -0.4 is 17.0 Å². The lowest BCUT2D eigenvalue weighted by Gasteiger charge is -2.12. The summed E-state index contributed by atoms with van der Waals surface area (Å²) in [4.78, 5) is 25.6. The molecular formula is C13H17ClF3N3O2S. The van der Waals surface area contributed by atoms with Gasteiger partial charge in [-0.1, -0.05) is 0 Å². The minimum absolute atomic E-state index is 0. The number of halogens is 4. The van der Waals surface area contributed by atoms with Crippen LogP contribution in [-0.4, -0.2) is 15.3 Å². The molecule has 0 aliphatic carbocycles. The number of alkyl halides is 3. The highest BCUT2D eigenvalue weighted by Gasteiger charge is 2.28. The molecule has 0 saturated carbocycles. The second-order valence-corrected chi connectivity index (χ2v) is 5.97. The van der Waals surface area contributed by atoms with Crippen molar-refractivity contribution < 1.29 is 13.2 Å². The van der Waals surface area contributed by atoms with Crippen molar-refractivity contribution in [2.24, 2.45) is 5.73 Å². The summed E-state index contributed by atoms with van der Waals surface area (Å²) in [5.41, 5.74) is 5.05. The van der Waals surface area contributed by atoms with E-state index in [4.69, 9.17) is 5.73 Å². The van der Waals surface area contributed by atoms with Crippen LogP contribution in [0.3, 0.4) is 0 Å². The molecule has 10 heteroatoms. The zero-order valence-corrected chi connectivity index (χ0v) is 14.2. The largest absolute Gasteiger partial charge is 0.390 e. The van der Waals surface area contributed by atoms with Crippen molar-refractivity contribution in [1.29, 1.82) is 0 Å². The second-order valence-electron chi connectivity index (χ2n) is 4.88. The van der Waals surface area contributed by atoms with E-state index in [1.807, 2.05) is 0 Å². The third-order valence-corrected chi connectivity index (χ3v) is 4.85. The summed E-state index contributed by atoms with van der Waals surface area (Å²) >= 11 is 1.11. The molecule has 0 fully saturated rings. The molecule has 0 aliphatic heterocycles. The SMILES string of the molecule is CCn1c(=O)c2c(C)c(CN)sc2n(CCC(F)(F)F)c1=O.Cl. The summed E-state index contributed by atoms with van der Waals surface area (Å²) in [5, 5.41) is 0.286. The summed E-state index contributed by atoms with van der Waals surface area (Å²) in [5.74, 6) is 0. The van der Waals surface area contributed by atoms with Crippen LogP contribution in [-0.2, 0) is 19.6 Å². The van der Waals surface area contributed by atoms with Gasteiger partial charge in [-0.25, -0.2) is 4.79 Å². The number of rotatable bonds is 4. The highest BCUT2D eigenvalue weighted by Crippen LogP contribution is 2.28. The second kappa shape index (κ2) is 7.06. The van der Waals surface area contributed by atoms with Crippen LogP contribution in [0.15, 0.2) is 9.59 Å². The lowest BCUT2D eigenvalue weighted by Crippen LogP contribution is -2.39. The maximum absolute atomic E-state index is 12.5. The summed E-state index contributed by atoms with van der Waals surface area (Å²) in [6.07, 6.45) is -5.50. The molecule has 0 aromatic carbocycles. The fourth-order valence-electron chi connectivity index (χ4n) is 2.35. The van der Waals surface area contributed by atoms with E-state index in [2.05, 4.69) is 0 Å². The molecule has 130 valence electrons. The molecule has 0 atom stereocenters. The van der Waals surface area contributed by atoms with Gasteiger partial charge in [-0.2, -0.15) is 13.2 Å². The molecule has 5 nitrogen and oxygen atoms in total. The first-order valence-corrected chi connectivity index (χ1v) is 7.55. The minimum Gasteiger partial charge on any atom is -0.326 e. The van der Waals surface area contributed by atoms with Gasteiger partial charge < -0.3 is 5.73 Å². The molecule has 0 aliphatic rings. The minimum atomic E-state index is -4.37. The van der Waals surface area contributed by atoms with Crippen molar-refractivity contribution in [2.45, 2.75) is 46.1 Å². The summed E-state index contributed by atoms with van der Waals surface area (Å²) < 4.78 is 39.4. The predicted molar refractivity (Wildman–Crippen MR) is 86.6 cm³/mol. The van der Waals surface area contributed by atoms with Gasteiger partial charge in [0.15, 0.2) is 0 Å². The standard InChI is InChI=1S/C13H16F3N3O2S.ClH/c1-3-18-10(20)9-7(2)8(6-17)22-11(9)19(12(18)21)5-4-13(14,15)16;/h3-6,17H2,1-2H3;1H. The molecule has 2 aromatic rings. The fraction of sp³-hybridized carbons (Fsp3) is 0.538. The van der Waals surface area contributed by atoms with E-state index in [9.17, 15) is 22.8 Å². The highest BCUT2D eigenvalue weighted by atomic mass is 35.5. The third kappa shape index (κ3) is 3.61. The van der Waals surface area contributed by atoms with Crippen LogP contribution in [0.2, 0.25) is 0 Å². The zero-order chi connectivity index (χ0) is 16.7. The van der Waals surface area contributed by atoms with Crippen LogP contribution in [0, 0.1) is 6.92 Å². The number of nitrogens with two attached hydrogens (primary N) is 1. The van der Waals surface area contributed by atoms with Crippen molar-refractivity contribution in [2.75, 3.05) is 0 Å². The van der Waals surface area contributed by atoms with E-state index in [-0.39, 0.29) is 35.7 Å².